The van der Waals surface area contributed by atoms with E-state index in [4.69, 9.17) is 4.74 Å². The van der Waals surface area contributed by atoms with Crippen LogP contribution in [0.25, 0.3) is 0 Å². The number of quaternary nitrogens is 1. The highest BCUT2D eigenvalue weighted by atomic mass is 127. The molecule has 1 aromatic rings. The van der Waals surface area contributed by atoms with Crippen molar-refractivity contribution in [1.29, 1.82) is 0 Å². The van der Waals surface area contributed by atoms with Crippen molar-refractivity contribution in [2.24, 2.45) is 5.92 Å². The van der Waals surface area contributed by atoms with E-state index in [9.17, 15) is 19.5 Å². The Kier molecular flexibility index (Phi) is 6.14. The Morgan fingerprint density at radius 1 is 1.29 bits per heavy atom. The van der Waals surface area contributed by atoms with Crippen molar-refractivity contribution < 1.29 is 53.1 Å². The molecule has 1 spiro atoms. The van der Waals surface area contributed by atoms with Crippen molar-refractivity contribution in [2.45, 2.75) is 69.1 Å². The number of ether oxygens (including phenoxy) is 1. The fourth-order valence-electron chi connectivity index (χ4n) is 7.76. The number of hydrogen-bond acceptors (Lipinski definition) is 5. The highest BCUT2D eigenvalue weighted by Gasteiger charge is 2.67. The van der Waals surface area contributed by atoms with E-state index in [1.54, 1.807) is 11.8 Å². The number of likely N-dealkylation sites (N-methyl/N-ethyl adjacent to an activating group) is 1. The van der Waals surface area contributed by atoms with E-state index in [0.29, 0.717) is 37.1 Å². The predicted molar refractivity (Wildman–Crippen MR) is 123 cm³/mol. The first-order valence-electron chi connectivity index (χ1n) is 12.5. The molecule has 2 fully saturated rings. The molecule has 3 amide bonds. The number of nitrogens with one attached hydrogen (secondary N) is 2. The number of piperidine rings is 1. The molecular weight excluding hydrogens is 561 g/mol. The Hall–Kier alpha value is -2.14. The van der Waals surface area contributed by atoms with Gasteiger partial charge in [-0.05, 0) is 42.9 Å². The number of nitrogens with zero attached hydrogens (tertiary/aromatic N) is 1. The van der Waals surface area contributed by atoms with E-state index < -0.39 is 0 Å². The first-order valence-corrected chi connectivity index (χ1v) is 12.5. The van der Waals surface area contributed by atoms with Crippen LogP contribution in [-0.2, 0) is 32.6 Å². The summed E-state index contributed by atoms with van der Waals surface area (Å²) in [6.07, 6.45) is 7.66. The van der Waals surface area contributed by atoms with Crippen molar-refractivity contribution in [3.05, 3.63) is 34.9 Å². The van der Waals surface area contributed by atoms with Crippen LogP contribution in [-0.4, -0.2) is 66.1 Å². The Balaban J connectivity index is 0.00000253. The maximum atomic E-state index is 12.0. The summed E-state index contributed by atoms with van der Waals surface area (Å²) in [5.41, 5.74) is 3.35. The SMILES string of the molecule is CC(=O)N[C@H]1CCC2[C@H]3Cc4c(CCCN5C(=O)C=CC5=O)cc(O)c5c4[C@@]2(CC[NH+]3C)[C@H]1O5.[I-]. The van der Waals surface area contributed by atoms with Crippen LogP contribution in [0.3, 0.4) is 0 Å². The normalized spacial score (nSPS) is 33.8. The summed E-state index contributed by atoms with van der Waals surface area (Å²) in [4.78, 5) is 38.7. The van der Waals surface area contributed by atoms with Gasteiger partial charge in [0.25, 0.3) is 11.8 Å². The lowest BCUT2D eigenvalue weighted by molar-refractivity contribution is -0.919. The summed E-state index contributed by atoms with van der Waals surface area (Å²) in [7, 11) is 2.28. The summed E-state index contributed by atoms with van der Waals surface area (Å²) < 4.78 is 6.55. The number of phenolic OH excluding ortho intramolecular Hbond substituents is 1. The van der Waals surface area contributed by atoms with Gasteiger partial charge in [0, 0.05) is 49.9 Å². The maximum Gasteiger partial charge on any atom is 0.253 e. The highest BCUT2D eigenvalue weighted by Crippen LogP contribution is 2.62. The third-order valence-corrected chi connectivity index (χ3v) is 9.09. The molecule has 3 N–H and O–H groups in total. The topological polar surface area (TPSA) is 100 Å². The van der Waals surface area contributed by atoms with Crippen LogP contribution in [0.4, 0.5) is 0 Å². The average molecular weight is 593 g/mol. The van der Waals surface area contributed by atoms with Gasteiger partial charge in [0.15, 0.2) is 11.5 Å². The number of aromatic hydroxyl groups is 1. The van der Waals surface area contributed by atoms with Crippen LogP contribution >= 0.6 is 0 Å². The van der Waals surface area contributed by atoms with Gasteiger partial charge >= 0.3 is 0 Å². The number of phenols is 1. The fraction of sp³-hybridized carbons (Fsp3) is 0.577. The van der Waals surface area contributed by atoms with Crippen LogP contribution in [0.15, 0.2) is 18.2 Å². The van der Waals surface area contributed by atoms with Crippen molar-refractivity contribution in [3.63, 3.8) is 0 Å². The molecular formula is C26H32IN3O5. The first-order chi connectivity index (χ1) is 16.3. The largest absolute Gasteiger partial charge is 1.00 e. The van der Waals surface area contributed by atoms with Gasteiger partial charge in [-0.15, -0.1) is 0 Å². The maximum absolute atomic E-state index is 12.0. The summed E-state index contributed by atoms with van der Waals surface area (Å²) in [5.74, 6) is 0.677. The number of halogens is 1. The minimum atomic E-state index is -0.257. The molecule has 3 aliphatic heterocycles. The number of hydrogen-bond donors (Lipinski definition) is 3. The second-order valence-electron chi connectivity index (χ2n) is 10.7. The van der Waals surface area contributed by atoms with E-state index in [1.807, 2.05) is 6.07 Å². The van der Waals surface area contributed by atoms with Crippen LogP contribution < -0.4 is 38.9 Å². The quantitative estimate of drug-likeness (QED) is 0.250. The van der Waals surface area contributed by atoms with Crippen LogP contribution in [0.2, 0.25) is 0 Å². The van der Waals surface area contributed by atoms with Gasteiger partial charge < -0.3 is 44.0 Å². The van der Waals surface area contributed by atoms with E-state index in [-0.39, 0.29) is 65.0 Å². The van der Waals surface area contributed by atoms with Gasteiger partial charge in [-0.3, -0.25) is 19.3 Å². The zero-order chi connectivity index (χ0) is 23.8. The van der Waals surface area contributed by atoms with Gasteiger partial charge in [0.2, 0.25) is 5.91 Å². The number of carbonyl (C=O) groups excluding carboxylic acids is 3. The summed E-state index contributed by atoms with van der Waals surface area (Å²) in [5, 5.41) is 14.2. The van der Waals surface area contributed by atoms with Crippen LogP contribution in [0.5, 0.6) is 11.5 Å². The minimum Gasteiger partial charge on any atom is -1.00 e. The Morgan fingerprint density at radius 3 is 2.74 bits per heavy atom. The first kappa shape index (κ1) is 24.5. The molecule has 6 atom stereocenters. The molecule has 3 heterocycles. The van der Waals surface area contributed by atoms with Crippen molar-refractivity contribution in [1.82, 2.24) is 10.2 Å². The van der Waals surface area contributed by atoms with Crippen LogP contribution in [0, 0.1) is 5.92 Å². The number of likely N-dealkylation sites (tertiary alicyclic amines) is 1. The summed E-state index contributed by atoms with van der Waals surface area (Å²) in [6, 6.07) is 2.24. The third-order valence-electron chi connectivity index (χ3n) is 9.09. The van der Waals surface area contributed by atoms with Gasteiger partial charge in [-0.25, -0.2) is 0 Å². The molecule has 0 radical (unpaired) electrons. The molecule has 2 unspecified atom stereocenters. The predicted octanol–water partition coefficient (Wildman–Crippen LogP) is -2.99. The minimum absolute atomic E-state index is 0. The lowest BCUT2D eigenvalue weighted by Gasteiger charge is -2.57. The lowest BCUT2D eigenvalue weighted by Crippen LogP contribution is -3.16. The molecule has 8 nitrogen and oxygen atoms in total. The second-order valence-corrected chi connectivity index (χ2v) is 10.7. The van der Waals surface area contributed by atoms with E-state index in [0.717, 1.165) is 37.8 Å². The molecule has 188 valence electrons. The number of imide groups is 1. The average Bonchev–Trinajstić information content (AvgIpc) is 3.31. The van der Waals surface area contributed by atoms with Crippen molar-refractivity contribution in [3.8, 4) is 11.5 Å². The standard InChI is InChI=1S/C26H31N3O5.HI/c1-14(30)27-18-6-5-17-19-13-16-15(4-3-10-29-21(32)7-8-22(29)33)12-20(31)24-23(16)26(17,25(18)34-24)9-11-28(19)2;/h7-8,12,17-19,25,31H,3-6,9-11,13H2,1-2H3,(H,27,30);1H/t17?,18-,19+,25-,26-;/m0./s1. The van der Waals surface area contributed by atoms with Gasteiger partial charge in [0.05, 0.1) is 31.1 Å². The summed E-state index contributed by atoms with van der Waals surface area (Å²) >= 11 is 0. The molecule has 1 saturated carbocycles. The number of benzene rings is 1. The van der Waals surface area contributed by atoms with Gasteiger partial charge in [-0.2, -0.15) is 0 Å². The van der Waals surface area contributed by atoms with Crippen LogP contribution in [0.1, 0.15) is 49.3 Å². The number of carbonyl (C=O) groups is 3. The molecule has 2 aliphatic carbocycles. The monoisotopic (exact) mass is 593 g/mol. The molecule has 9 heteroatoms. The Morgan fingerprint density at radius 2 is 2.03 bits per heavy atom. The van der Waals surface area contributed by atoms with Gasteiger partial charge in [0.1, 0.15) is 6.10 Å². The number of rotatable bonds is 5. The van der Waals surface area contributed by atoms with E-state index >= 15 is 0 Å². The zero-order valence-corrected chi connectivity index (χ0v) is 22.3. The fourth-order valence-corrected chi connectivity index (χ4v) is 7.76. The Bertz CT molecular complexity index is 1120. The molecule has 6 rings (SSSR count). The van der Waals surface area contributed by atoms with Gasteiger partial charge in [-0.1, -0.05) is 0 Å². The smallest absolute Gasteiger partial charge is 0.253 e. The molecule has 35 heavy (non-hydrogen) atoms. The van der Waals surface area contributed by atoms with Crippen molar-refractivity contribution >= 4 is 17.7 Å². The van der Waals surface area contributed by atoms with Crippen molar-refractivity contribution in [2.75, 3.05) is 20.1 Å². The molecule has 1 saturated heterocycles. The highest BCUT2D eigenvalue weighted by molar-refractivity contribution is 6.12. The Labute approximate surface area is 222 Å². The second kappa shape index (κ2) is 8.76. The zero-order valence-electron chi connectivity index (χ0n) is 20.1. The van der Waals surface area contributed by atoms with E-state index in [2.05, 4.69) is 12.4 Å². The number of aryl methyl sites for hydroxylation is 1. The van der Waals surface area contributed by atoms with E-state index in [1.165, 1.54) is 28.2 Å². The molecule has 0 aromatic heterocycles. The number of amides is 3. The summed E-state index contributed by atoms with van der Waals surface area (Å²) in [6.45, 7) is 2.97. The molecule has 5 aliphatic rings. The molecule has 1 aromatic carbocycles. The third kappa shape index (κ3) is 3.52. The lowest BCUT2D eigenvalue weighted by atomic mass is 9.50. The molecule has 2 bridgehead atoms.